The van der Waals surface area contributed by atoms with Crippen LogP contribution in [0.15, 0.2) is 60.7 Å². The van der Waals surface area contributed by atoms with Gasteiger partial charge in [0, 0.05) is 23.4 Å². The molecule has 8 heteroatoms. The molecule has 4 rings (SSSR count). The van der Waals surface area contributed by atoms with Gasteiger partial charge < -0.3 is 19.1 Å². The number of carbonyl (C=O) groups is 2. The molecule has 3 aromatic carbocycles. The van der Waals surface area contributed by atoms with Gasteiger partial charge in [0.2, 0.25) is 5.91 Å². The number of halogens is 1. The van der Waals surface area contributed by atoms with Gasteiger partial charge in [-0.1, -0.05) is 23.7 Å². The fourth-order valence-corrected chi connectivity index (χ4v) is 4.73. The molecule has 1 aliphatic heterocycles. The maximum absolute atomic E-state index is 13.7. The molecule has 39 heavy (non-hydrogen) atoms. The molecule has 1 aliphatic rings. The summed E-state index contributed by atoms with van der Waals surface area (Å²) in [5, 5.41) is 0.612. The minimum absolute atomic E-state index is 0.0539. The second-order valence-electron chi connectivity index (χ2n) is 10.8. The number of methoxy groups -OCH3 is 1. The van der Waals surface area contributed by atoms with Crippen LogP contribution in [0.25, 0.3) is 0 Å². The number of ether oxygens (including phenoxy) is 3. The molecule has 0 saturated heterocycles. The Bertz CT molecular complexity index is 1350. The number of benzene rings is 3. The summed E-state index contributed by atoms with van der Waals surface area (Å²) in [5.74, 6) is 1.15. The van der Waals surface area contributed by atoms with Crippen LogP contribution in [-0.4, -0.2) is 37.9 Å². The molecular weight excluding hydrogens is 516 g/mol. The van der Waals surface area contributed by atoms with E-state index in [1.807, 2.05) is 95.3 Å². The SMILES string of the molecule is COc1cc2c(cc1OC(C)C)[C@H](c1ccc(Cl)cc1)N(c1ccc(N(C)C(=O)OC(C)(C)C)cc1)C(=O)C2. The zero-order valence-corrected chi connectivity index (χ0v) is 24.2. The second-order valence-corrected chi connectivity index (χ2v) is 11.3. The summed E-state index contributed by atoms with van der Waals surface area (Å²) < 4.78 is 17.2. The predicted octanol–water partition coefficient (Wildman–Crippen LogP) is 7.19. The van der Waals surface area contributed by atoms with Gasteiger partial charge in [0.15, 0.2) is 11.5 Å². The molecule has 2 amide bonds. The van der Waals surface area contributed by atoms with Gasteiger partial charge >= 0.3 is 6.09 Å². The first-order chi connectivity index (χ1) is 18.4. The van der Waals surface area contributed by atoms with Gasteiger partial charge in [0.05, 0.1) is 25.7 Å². The van der Waals surface area contributed by atoms with Crippen LogP contribution < -0.4 is 19.3 Å². The monoisotopic (exact) mass is 550 g/mol. The number of nitrogens with zero attached hydrogens (tertiary/aromatic N) is 2. The van der Waals surface area contributed by atoms with Gasteiger partial charge in [0.1, 0.15) is 5.60 Å². The molecule has 0 spiro atoms. The van der Waals surface area contributed by atoms with Crippen LogP contribution in [-0.2, 0) is 16.0 Å². The predicted molar refractivity (Wildman–Crippen MR) is 154 cm³/mol. The number of amides is 2. The Morgan fingerprint density at radius 2 is 1.67 bits per heavy atom. The highest BCUT2D eigenvalue weighted by atomic mass is 35.5. The summed E-state index contributed by atoms with van der Waals surface area (Å²) in [4.78, 5) is 29.5. The fourth-order valence-electron chi connectivity index (χ4n) is 4.60. The molecule has 1 heterocycles. The number of fused-ring (bicyclic) bond motifs is 1. The molecular formula is C31H35ClN2O5. The first kappa shape index (κ1) is 28.3. The summed E-state index contributed by atoms with van der Waals surface area (Å²) in [5.41, 5.74) is 3.48. The lowest BCUT2D eigenvalue weighted by Gasteiger charge is -2.38. The van der Waals surface area contributed by atoms with E-state index in [9.17, 15) is 9.59 Å². The smallest absolute Gasteiger partial charge is 0.414 e. The average Bonchev–Trinajstić information content (AvgIpc) is 2.87. The second kappa shape index (κ2) is 11.2. The Morgan fingerprint density at radius 1 is 1.03 bits per heavy atom. The minimum Gasteiger partial charge on any atom is -0.493 e. The standard InChI is InChI=1S/C31H35ClN2O5/c1-19(2)38-27-18-25-21(16-26(27)37-7)17-28(35)34(29(25)20-8-10-22(32)11-9-20)24-14-12-23(13-15-24)33(6)30(36)39-31(3,4)5/h8-16,18-19,29H,17H2,1-7H3/t29-/m0/s1. The van der Waals surface area contributed by atoms with Crippen LogP contribution in [0, 0.1) is 0 Å². The Kier molecular flexibility index (Phi) is 8.12. The summed E-state index contributed by atoms with van der Waals surface area (Å²) in [6.45, 7) is 9.39. The van der Waals surface area contributed by atoms with E-state index in [2.05, 4.69) is 0 Å². The Labute approximate surface area is 235 Å². The summed E-state index contributed by atoms with van der Waals surface area (Å²) in [7, 11) is 3.25. The van der Waals surface area contributed by atoms with Crippen LogP contribution in [0.2, 0.25) is 5.02 Å². The number of hydrogen-bond acceptors (Lipinski definition) is 5. The lowest BCUT2D eigenvalue weighted by atomic mass is 9.86. The molecule has 0 fully saturated rings. The highest BCUT2D eigenvalue weighted by Gasteiger charge is 2.36. The molecule has 206 valence electrons. The Balaban J connectivity index is 1.78. The zero-order chi connectivity index (χ0) is 28.5. The van der Waals surface area contributed by atoms with E-state index in [-0.39, 0.29) is 18.4 Å². The number of carbonyl (C=O) groups excluding carboxylic acids is 2. The molecule has 3 aromatic rings. The molecule has 0 aromatic heterocycles. The Morgan fingerprint density at radius 3 is 2.23 bits per heavy atom. The minimum atomic E-state index is -0.606. The summed E-state index contributed by atoms with van der Waals surface area (Å²) >= 11 is 6.21. The zero-order valence-electron chi connectivity index (χ0n) is 23.4. The van der Waals surface area contributed by atoms with Crippen molar-refractivity contribution in [1.29, 1.82) is 0 Å². The molecule has 0 saturated carbocycles. The van der Waals surface area contributed by atoms with Crippen LogP contribution >= 0.6 is 11.6 Å². The van der Waals surface area contributed by atoms with Gasteiger partial charge in [-0.15, -0.1) is 0 Å². The van der Waals surface area contributed by atoms with Crippen molar-refractivity contribution in [2.24, 2.45) is 0 Å². The number of rotatable bonds is 6. The van der Waals surface area contributed by atoms with Crippen molar-refractivity contribution in [3.05, 3.63) is 82.4 Å². The average molecular weight is 551 g/mol. The highest BCUT2D eigenvalue weighted by Crippen LogP contribution is 2.44. The third-order valence-electron chi connectivity index (χ3n) is 6.32. The van der Waals surface area contributed by atoms with Crippen LogP contribution in [0.5, 0.6) is 11.5 Å². The first-order valence-corrected chi connectivity index (χ1v) is 13.3. The van der Waals surface area contributed by atoms with E-state index in [0.29, 0.717) is 27.9 Å². The molecule has 0 N–H and O–H groups in total. The largest absolute Gasteiger partial charge is 0.493 e. The third kappa shape index (κ3) is 6.31. The molecule has 0 unspecified atom stereocenters. The van der Waals surface area contributed by atoms with E-state index >= 15 is 0 Å². The van der Waals surface area contributed by atoms with Crippen LogP contribution in [0.3, 0.4) is 0 Å². The third-order valence-corrected chi connectivity index (χ3v) is 6.57. The van der Waals surface area contributed by atoms with Gasteiger partial charge in [-0.25, -0.2) is 4.79 Å². The van der Waals surface area contributed by atoms with Gasteiger partial charge in [0.25, 0.3) is 0 Å². The van der Waals surface area contributed by atoms with Crippen molar-refractivity contribution in [3.63, 3.8) is 0 Å². The lowest BCUT2D eigenvalue weighted by molar-refractivity contribution is -0.118. The van der Waals surface area contributed by atoms with Crippen molar-refractivity contribution in [2.45, 2.75) is 58.8 Å². The fraction of sp³-hybridized carbons (Fsp3) is 0.355. The normalized spacial score (nSPS) is 15.2. The van der Waals surface area contributed by atoms with E-state index in [4.69, 9.17) is 25.8 Å². The van der Waals surface area contributed by atoms with E-state index in [0.717, 1.165) is 16.7 Å². The number of hydrogen-bond donors (Lipinski definition) is 0. The molecule has 0 bridgehead atoms. The van der Waals surface area contributed by atoms with Crippen molar-refractivity contribution in [3.8, 4) is 11.5 Å². The topological polar surface area (TPSA) is 68.3 Å². The Hall–Kier alpha value is -3.71. The van der Waals surface area contributed by atoms with Gasteiger partial charge in [-0.2, -0.15) is 0 Å². The lowest BCUT2D eigenvalue weighted by Crippen LogP contribution is -2.41. The van der Waals surface area contributed by atoms with Crippen molar-refractivity contribution < 1.29 is 23.8 Å². The van der Waals surface area contributed by atoms with Gasteiger partial charge in [-0.3, -0.25) is 9.69 Å². The van der Waals surface area contributed by atoms with E-state index in [1.54, 1.807) is 19.1 Å². The molecule has 1 atom stereocenters. The van der Waals surface area contributed by atoms with Gasteiger partial charge in [-0.05, 0) is 99.8 Å². The molecule has 7 nitrogen and oxygen atoms in total. The summed E-state index contributed by atoms with van der Waals surface area (Å²) in [6.07, 6.45) is -0.303. The maximum Gasteiger partial charge on any atom is 0.414 e. The molecule has 0 radical (unpaired) electrons. The quantitative estimate of drug-likeness (QED) is 0.325. The van der Waals surface area contributed by atoms with Crippen LogP contribution in [0.4, 0.5) is 16.2 Å². The van der Waals surface area contributed by atoms with E-state index in [1.165, 1.54) is 4.90 Å². The maximum atomic E-state index is 13.7. The van der Waals surface area contributed by atoms with Crippen LogP contribution in [0.1, 0.15) is 57.4 Å². The van der Waals surface area contributed by atoms with Crippen molar-refractivity contribution in [2.75, 3.05) is 24.0 Å². The number of anilines is 2. The molecule has 0 aliphatic carbocycles. The van der Waals surface area contributed by atoms with Crippen molar-refractivity contribution in [1.82, 2.24) is 0 Å². The van der Waals surface area contributed by atoms with E-state index < -0.39 is 17.7 Å². The first-order valence-electron chi connectivity index (χ1n) is 12.9. The highest BCUT2D eigenvalue weighted by molar-refractivity contribution is 6.30. The summed E-state index contributed by atoms with van der Waals surface area (Å²) in [6, 6.07) is 18.2. The van der Waals surface area contributed by atoms with Crippen molar-refractivity contribution >= 4 is 35.0 Å².